The molecular weight excluding hydrogens is 196 g/mol. The molecule has 1 aliphatic heterocycles. The van der Waals surface area contributed by atoms with Gasteiger partial charge in [0.1, 0.15) is 5.78 Å². The summed E-state index contributed by atoms with van der Waals surface area (Å²) in [4.78, 5) is 11.4. The average molecular weight is 204 g/mol. The molecule has 2 unspecified atom stereocenters. The van der Waals surface area contributed by atoms with Crippen molar-refractivity contribution in [1.29, 1.82) is 0 Å². The lowest BCUT2D eigenvalue weighted by molar-refractivity contribution is -0.121. The maximum atomic E-state index is 11.4. The third kappa shape index (κ3) is 1.68. The van der Waals surface area contributed by atoms with Crippen molar-refractivity contribution in [1.82, 2.24) is 0 Å². The van der Waals surface area contributed by atoms with Crippen LogP contribution in [0.15, 0.2) is 0 Å². The summed E-state index contributed by atoms with van der Waals surface area (Å²) in [6.07, 6.45) is 0. The summed E-state index contributed by atoms with van der Waals surface area (Å²) in [5, 5.41) is 0. The third-order valence-electron chi connectivity index (χ3n) is 1.76. The van der Waals surface area contributed by atoms with Crippen LogP contribution >= 0.6 is 36.2 Å². The molecule has 0 aromatic rings. The molecule has 4 heteroatoms. The quantitative estimate of drug-likeness (QED) is 0.563. The number of thioether (sulfide) groups is 1. The molecule has 0 radical (unpaired) electrons. The van der Waals surface area contributed by atoms with E-state index in [2.05, 4.69) is 0 Å². The lowest BCUT2D eigenvalue weighted by atomic mass is 9.98. The van der Waals surface area contributed by atoms with Gasteiger partial charge in [-0.05, 0) is 13.8 Å². The molecule has 0 saturated carbocycles. The summed E-state index contributed by atoms with van der Waals surface area (Å²) in [6.45, 7) is 3.69. The number of carbonyl (C=O) groups excluding carboxylic acids is 1. The van der Waals surface area contributed by atoms with Gasteiger partial charge in [-0.25, -0.2) is 0 Å². The van der Waals surface area contributed by atoms with E-state index in [1.165, 1.54) is 11.8 Å². The highest BCUT2D eigenvalue weighted by Gasteiger charge is 2.32. The van der Waals surface area contributed by atoms with Crippen molar-refractivity contribution < 1.29 is 4.79 Å². The first-order valence-corrected chi connectivity index (χ1v) is 4.96. The standard InChI is InChI=1S/C7H8OS3/c1-3-5(8)4(2)7(10)11-6(3)9/h3-4H,1-2H3. The van der Waals surface area contributed by atoms with Crippen LogP contribution in [0.3, 0.4) is 0 Å². The summed E-state index contributed by atoms with van der Waals surface area (Å²) in [7, 11) is 0. The van der Waals surface area contributed by atoms with E-state index in [9.17, 15) is 4.79 Å². The fourth-order valence-corrected chi connectivity index (χ4v) is 2.60. The van der Waals surface area contributed by atoms with Crippen LogP contribution in [0.25, 0.3) is 0 Å². The predicted molar refractivity (Wildman–Crippen MR) is 56.1 cm³/mol. The molecule has 0 aromatic carbocycles. The van der Waals surface area contributed by atoms with Gasteiger partial charge in [-0.15, -0.1) is 0 Å². The number of ketones is 1. The van der Waals surface area contributed by atoms with Crippen LogP contribution in [0.4, 0.5) is 0 Å². The van der Waals surface area contributed by atoms with Crippen molar-refractivity contribution in [3.8, 4) is 0 Å². The van der Waals surface area contributed by atoms with Crippen molar-refractivity contribution in [2.75, 3.05) is 0 Å². The zero-order valence-electron chi connectivity index (χ0n) is 6.29. The van der Waals surface area contributed by atoms with Crippen LogP contribution in [0.1, 0.15) is 13.8 Å². The van der Waals surface area contributed by atoms with Gasteiger partial charge in [-0.1, -0.05) is 36.2 Å². The minimum absolute atomic E-state index is 0.100. The second kappa shape index (κ2) is 3.29. The molecule has 1 rings (SSSR count). The zero-order valence-corrected chi connectivity index (χ0v) is 8.74. The van der Waals surface area contributed by atoms with Crippen LogP contribution in [0, 0.1) is 11.8 Å². The third-order valence-corrected chi connectivity index (χ3v) is 4.08. The predicted octanol–water partition coefficient (Wildman–Crippen LogP) is 2.23. The van der Waals surface area contributed by atoms with E-state index in [0.29, 0.717) is 0 Å². The lowest BCUT2D eigenvalue weighted by Gasteiger charge is -2.23. The van der Waals surface area contributed by atoms with Crippen LogP contribution in [-0.4, -0.2) is 14.2 Å². The van der Waals surface area contributed by atoms with Crippen molar-refractivity contribution in [3.05, 3.63) is 0 Å². The fraction of sp³-hybridized carbons (Fsp3) is 0.571. The van der Waals surface area contributed by atoms with E-state index < -0.39 is 0 Å². The Kier molecular flexibility index (Phi) is 2.78. The van der Waals surface area contributed by atoms with E-state index >= 15 is 0 Å². The molecule has 0 N–H and O–H groups in total. The van der Waals surface area contributed by atoms with Gasteiger partial charge < -0.3 is 0 Å². The van der Waals surface area contributed by atoms with Gasteiger partial charge in [0.15, 0.2) is 0 Å². The molecule has 11 heavy (non-hydrogen) atoms. The number of hydrogen-bond acceptors (Lipinski definition) is 4. The molecule has 0 amide bonds. The molecule has 0 aromatic heterocycles. The molecular formula is C7H8OS3. The Hall–Kier alpha value is 0.200. The molecule has 2 atom stereocenters. The van der Waals surface area contributed by atoms with Crippen molar-refractivity contribution >= 4 is 50.4 Å². The lowest BCUT2D eigenvalue weighted by Crippen LogP contribution is -2.33. The second-order valence-corrected chi connectivity index (χ2v) is 5.07. The molecule has 1 nitrogen and oxygen atoms in total. The Balaban J connectivity index is 2.87. The van der Waals surface area contributed by atoms with E-state index in [4.69, 9.17) is 24.4 Å². The number of rotatable bonds is 0. The Labute approximate surface area is 80.9 Å². The Morgan fingerprint density at radius 1 is 1.18 bits per heavy atom. The van der Waals surface area contributed by atoms with Gasteiger partial charge in [0.25, 0.3) is 0 Å². The number of hydrogen-bond donors (Lipinski definition) is 0. The number of thiocarbonyl (C=S) groups is 2. The van der Waals surface area contributed by atoms with E-state index in [1.54, 1.807) is 0 Å². The minimum Gasteiger partial charge on any atom is -0.298 e. The first kappa shape index (κ1) is 9.29. The van der Waals surface area contributed by atoms with Crippen LogP contribution in [-0.2, 0) is 4.79 Å². The summed E-state index contributed by atoms with van der Waals surface area (Å²) < 4.78 is 1.44. The molecule has 1 fully saturated rings. The molecule has 1 heterocycles. The minimum atomic E-state index is -0.100. The summed E-state index contributed by atoms with van der Waals surface area (Å²) >= 11 is 11.4. The zero-order chi connectivity index (χ0) is 8.59. The Morgan fingerprint density at radius 2 is 1.55 bits per heavy atom. The summed E-state index contributed by atoms with van der Waals surface area (Å²) in [6, 6.07) is 0. The molecule has 1 aliphatic rings. The van der Waals surface area contributed by atoms with Crippen LogP contribution in [0.5, 0.6) is 0 Å². The highest BCUT2D eigenvalue weighted by atomic mass is 32.2. The maximum absolute atomic E-state index is 11.4. The topological polar surface area (TPSA) is 17.1 Å². The van der Waals surface area contributed by atoms with Crippen LogP contribution < -0.4 is 0 Å². The molecule has 60 valence electrons. The van der Waals surface area contributed by atoms with E-state index in [-0.39, 0.29) is 17.6 Å². The smallest absolute Gasteiger partial charge is 0.150 e. The molecule has 0 aliphatic carbocycles. The van der Waals surface area contributed by atoms with Gasteiger partial charge in [0.05, 0.1) is 20.2 Å². The molecule has 0 bridgehead atoms. The highest BCUT2D eigenvalue weighted by molar-refractivity contribution is 8.38. The molecule has 0 spiro atoms. The van der Waals surface area contributed by atoms with Gasteiger partial charge in [-0.2, -0.15) is 0 Å². The van der Waals surface area contributed by atoms with Crippen molar-refractivity contribution in [3.63, 3.8) is 0 Å². The SMILES string of the molecule is CC1C(=O)C(C)C(=S)SC1=S. The van der Waals surface area contributed by atoms with Crippen LogP contribution in [0.2, 0.25) is 0 Å². The van der Waals surface area contributed by atoms with Gasteiger partial charge in [-0.3, -0.25) is 4.79 Å². The van der Waals surface area contributed by atoms with Gasteiger partial charge in [0, 0.05) is 0 Å². The van der Waals surface area contributed by atoms with E-state index in [0.717, 1.165) is 8.39 Å². The van der Waals surface area contributed by atoms with Crippen molar-refractivity contribution in [2.24, 2.45) is 11.8 Å². The monoisotopic (exact) mass is 204 g/mol. The summed E-state index contributed by atoms with van der Waals surface area (Å²) in [5.74, 6) is -0.0350. The largest absolute Gasteiger partial charge is 0.298 e. The summed E-state index contributed by atoms with van der Waals surface area (Å²) in [5.41, 5.74) is 0. The normalized spacial score (nSPS) is 32.7. The fourth-order valence-electron chi connectivity index (χ4n) is 0.883. The van der Waals surface area contributed by atoms with Gasteiger partial charge >= 0.3 is 0 Å². The first-order valence-electron chi connectivity index (χ1n) is 3.33. The van der Waals surface area contributed by atoms with Crippen molar-refractivity contribution in [2.45, 2.75) is 13.8 Å². The Morgan fingerprint density at radius 3 is 1.91 bits per heavy atom. The second-order valence-electron chi connectivity index (χ2n) is 2.59. The first-order chi connectivity index (χ1) is 5.04. The Bertz CT molecular complexity index is 212. The van der Waals surface area contributed by atoms with E-state index in [1.807, 2.05) is 13.8 Å². The maximum Gasteiger partial charge on any atom is 0.150 e. The molecule has 1 saturated heterocycles. The van der Waals surface area contributed by atoms with Gasteiger partial charge in [0.2, 0.25) is 0 Å². The number of Topliss-reactive ketones (excluding diaryl/α,β-unsaturated/α-hetero) is 1. The highest BCUT2D eigenvalue weighted by Crippen LogP contribution is 2.29. The number of carbonyl (C=O) groups is 1. The average Bonchev–Trinajstić information content (AvgIpc) is 1.97.